The van der Waals surface area contributed by atoms with Gasteiger partial charge in [0.15, 0.2) is 0 Å². The molecule has 3 heteroatoms. The van der Waals surface area contributed by atoms with Gasteiger partial charge in [-0.1, -0.05) is 12.2 Å². The van der Waals surface area contributed by atoms with Crippen molar-refractivity contribution in [3.8, 4) is 0 Å². The van der Waals surface area contributed by atoms with Crippen molar-refractivity contribution in [1.29, 1.82) is 0 Å². The molecule has 0 aromatic carbocycles. The number of allylic oxidation sites excluding steroid dienone is 2. The molecule has 0 spiro atoms. The standard InChI is InChI=1S/C11H16O3/c1-9-6-4-2-3-5-7-10(12)8-11(13)14-9/h2-3,9H,4-8H2,1H3/b3-2-/t9-/m1/s1. The molecule has 3 nitrogen and oxygen atoms in total. The van der Waals surface area contributed by atoms with Gasteiger partial charge in [-0.05, 0) is 26.2 Å². The molecule has 1 heterocycles. The van der Waals surface area contributed by atoms with E-state index < -0.39 is 0 Å². The smallest absolute Gasteiger partial charge is 0.313 e. The molecule has 0 aromatic heterocycles. The SMILES string of the molecule is C[C@@H]1CC/C=C\CCC(=O)CC(=O)O1. The van der Waals surface area contributed by atoms with Crippen molar-refractivity contribution in [2.45, 2.75) is 45.1 Å². The van der Waals surface area contributed by atoms with E-state index in [9.17, 15) is 9.59 Å². The molecular formula is C11H16O3. The molecule has 78 valence electrons. The first-order chi connectivity index (χ1) is 6.68. The van der Waals surface area contributed by atoms with E-state index in [1.807, 2.05) is 19.1 Å². The number of carbonyl (C=O) groups is 2. The molecule has 0 aliphatic carbocycles. The molecule has 14 heavy (non-hydrogen) atoms. The lowest BCUT2D eigenvalue weighted by molar-refractivity contribution is -0.150. The van der Waals surface area contributed by atoms with Gasteiger partial charge in [-0.3, -0.25) is 9.59 Å². The highest BCUT2D eigenvalue weighted by Gasteiger charge is 2.13. The molecule has 0 radical (unpaired) electrons. The third-order valence-corrected chi connectivity index (χ3v) is 2.17. The Kier molecular flexibility index (Phi) is 4.36. The average molecular weight is 196 g/mol. The second-order valence-corrected chi connectivity index (χ2v) is 3.60. The highest BCUT2D eigenvalue weighted by Crippen LogP contribution is 2.08. The third-order valence-electron chi connectivity index (χ3n) is 2.17. The average Bonchev–Trinajstić information content (AvgIpc) is 2.11. The fraction of sp³-hybridized carbons (Fsp3) is 0.636. The summed E-state index contributed by atoms with van der Waals surface area (Å²) in [7, 11) is 0. The Labute approximate surface area is 84.1 Å². The van der Waals surface area contributed by atoms with Gasteiger partial charge in [0.25, 0.3) is 0 Å². The maximum Gasteiger partial charge on any atom is 0.313 e. The predicted molar refractivity (Wildman–Crippen MR) is 52.8 cm³/mol. The summed E-state index contributed by atoms with van der Waals surface area (Å²) in [5.74, 6) is -0.418. The number of esters is 1. The topological polar surface area (TPSA) is 43.4 Å². The van der Waals surface area contributed by atoms with E-state index in [-0.39, 0.29) is 24.3 Å². The number of Topliss-reactive ketones (excluding diaryl/α,β-unsaturated/α-hetero) is 1. The maximum atomic E-state index is 11.2. The van der Waals surface area contributed by atoms with Crippen molar-refractivity contribution in [1.82, 2.24) is 0 Å². The monoisotopic (exact) mass is 196 g/mol. The third kappa shape index (κ3) is 4.21. The van der Waals surface area contributed by atoms with Crippen LogP contribution in [0.2, 0.25) is 0 Å². The Morgan fingerprint density at radius 2 is 2.00 bits per heavy atom. The van der Waals surface area contributed by atoms with Crippen LogP contribution in [0.25, 0.3) is 0 Å². The van der Waals surface area contributed by atoms with Gasteiger partial charge in [-0.2, -0.15) is 0 Å². The molecule has 0 saturated heterocycles. The number of carbonyl (C=O) groups excluding carboxylic acids is 2. The maximum absolute atomic E-state index is 11.2. The number of ether oxygens (including phenoxy) is 1. The largest absolute Gasteiger partial charge is 0.462 e. The van der Waals surface area contributed by atoms with E-state index in [0.717, 1.165) is 19.3 Å². The van der Waals surface area contributed by atoms with E-state index in [1.54, 1.807) is 0 Å². The molecule has 0 bridgehead atoms. The van der Waals surface area contributed by atoms with Crippen LogP contribution in [0, 0.1) is 0 Å². The van der Waals surface area contributed by atoms with Gasteiger partial charge in [-0.15, -0.1) is 0 Å². The zero-order chi connectivity index (χ0) is 10.4. The Bertz CT molecular complexity index is 243. The molecule has 0 unspecified atom stereocenters. The van der Waals surface area contributed by atoms with Gasteiger partial charge in [0.05, 0.1) is 6.10 Å². The normalized spacial score (nSPS) is 27.6. The van der Waals surface area contributed by atoms with Gasteiger partial charge in [0.2, 0.25) is 0 Å². The van der Waals surface area contributed by atoms with E-state index in [4.69, 9.17) is 4.74 Å². The van der Waals surface area contributed by atoms with Crippen LogP contribution >= 0.6 is 0 Å². The fourth-order valence-corrected chi connectivity index (χ4v) is 1.39. The molecule has 0 amide bonds. The molecule has 0 saturated carbocycles. The number of cyclic esters (lactones) is 1. The highest BCUT2D eigenvalue weighted by atomic mass is 16.5. The summed E-state index contributed by atoms with van der Waals surface area (Å²) in [4.78, 5) is 22.4. The number of ketones is 1. The molecule has 1 rings (SSSR count). The van der Waals surface area contributed by atoms with Crippen molar-refractivity contribution in [2.75, 3.05) is 0 Å². The molecule has 1 atom stereocenters. The Morgan fingerprint density at radius 1 is 1.29 bits per heavy atom. The molecule has 1 aliphatic rings. The summed E-state index contributed by atoms with van der Waals surface area (Å²) in [5, 5.41) is 0. The van der Waals surface area contributed by atoms with E-state index >= 15 is 0 Å². The second-order valence-electron chi connectivity index (χ2n) is 3.60. The first kappa shape index (κ1) is 11.0. The summed E-state index contributed by atoms with van der Waals surface area (Å²) in [6, 6.07) is 0. The van der Waals surface area contributed by atoms with Gasteiger partial charge in [-0.25, -0.2) is 0 Å². The summed E-state index contributed by atoms with van der Waals surface area (Å²) < 4.78 is 5.06. The zero-order valence-electron chi connectivity index (χ0n) is 8.49. The predicted octanol–water partition coefficient (Wildman–Crippen LogP) is 2.01. The van der Waals surface area contributed by atoms with Gasteiger partial charge in [0, 0.05) is 6.42 Å². The van der Waals surface area contributed by atoms with Gasteiger partial charge < -0.3 is 4.74 Å². The van der Waals surface area contributed by atoms with Crippen molar-refractivity contribution in [2.24, 2.45) is 0 Å². The number of hydrogen-bond acceptors (Lipinski definition) is 3. The van der Waals surface area contributed by atoms with Gasteiger partial charge in [0.1, 0.15) is 12.2 Å². The van der Waals surface area contributed by atoms with Crippen molar-refractivity contribution in [3.63, 3.8) is 0 Å². The van der Waals surface area contributed by atoms with Crippen LogP contribution in [0.5, 0.6) is 0 Å². The fourth-order valence-electron chi connectivity index (χ4n) is 1.39. The quantitative estimate of drug-likeness (QED) is 0.338. The molecule has 1 aliphatic heterocycles. The summed E-state index contributed by atoms with van der Waals surface area (Å²) >= 11 is 0. The molecule has 0 fully saturated rings. The van der Waals surface area contributed by atoms with Crippen LogP contribution in [0.15, 0.2) is 12.2 Å². The van der Waals surface area contributed by atoms with Crippen LogP contribution in [0.1, 0.15) is 39.0 Å². The lowest BCUT2D eigenvalue weighted by Crippen LogP contribution is -2.17. The number of hydrogen-bond donors (Lipinski definition) is 0. The Hall–Kier alpha value is -1.12. The first-order valence-electron chi connectivity index (χ1n) is 5.04. The van der Waals surface area contributed by atoms with E-state index in [2.05, 4.69) is 0 Å². The van der Waals surface area contributed by atoms with Crippen LogP contribution in [0.4, 0.5) is 0 Å². The number of rotatable bonds is 0. The van der Waals surface area contributed by atoms with Crippen LogP contribution < -0.4 is 0 Å². The summed E-state index contributed by atoms with van der Waals surface area (Å²) in [6.07, 6.45) is 6.80. The van der Waals surface area contributed by atoms with Gasteiger partial charge >= 0.3 is 5.97 Å². The Morgan fingerprint density at radius 3 is 2.79 bits per heavy atom. The molecule has 0 N–H and O–H groups in total. The first-order valence-corrected chi connectivity index (χ1v) is 5.04. The van der Waals surface area contributed by atoms with E-state index in [0.29, 0.717) is 6.42 Å². The van der Waals surface area contributed by atoms with Crippen molar-refractivity contribution >= 4 is 11.8 Å². The minimum atomic E-state index is -0.385. The summed E-state index contributed by atoms with van der Waals surface area (Å²) in [6.45, 7) is 1.86. The van der Waals surface area contributed by atoms with Crippen LogP contribution in [-0.4, -0.2) is 17.9 Å². The molecular weight excluding hydrogens is 180 g/mol. The lowest BCUT2D eigenvalue weighted by Gasteiger charge is -2.10. The van der Waals surface area contributed by atoms with Crippen LogP contribution in [-0.2, 0) is 14.3 Å². The zero-order valence-corrected chi connectivity index (χ0v) is 8.49. The minimum Gasteiger partial charge on any atom is -0.462 e. The second kappa shape index (κ2) is 5.58. The minimum absolute atomic E-state index is 0.0336. The lowest BCUT2D eigenvalue weighted by atomic mass is 10.1. The van der Waals surface area contributed by atoms with Crippen molar-refractivity contribution in [3.05, 3.63) is 12.2 Å². The van der Waals surface area contributed by atoms with Crippen LogP contribution in [0.3, 0.4) is 0 Å². The van der Waals surface area contributed by atoms with E-state index in [1.165, 1.54) is 0 Å². The summed E-state index contributed by atoms with van der Waals surface area (Å²) in [5.41, 5.74) is 0. The highest BCUT2D eigenvalue weighted by molar-refractivity contribution is 5.95. The Balaban J connectivity index is 2.52. The molecule has 0 aromatic rings. The van der Waals surface area contributed by atoms with Crippen molar-refractivity contribution < 1.29 is 14.3 Å².